The van der Waals surface area contributed by atoms with Crippen LogP contribution in [0.2, 0.25) is 0 Å². The molecule has 7 nitrogen and oxygen atoms in total. The van der Waals surface area contributed by atoms with Crippen molar-refractivity contribution in [2.24, 2.45) is 5.73 Å². The van der Waals surface area contributed by atoms with Crippen molar-refractivity contribution in [3.63, 3.8) is 0 Å². The smallest absolute Gasteiger partial charge is 0.248 e. The Balaban J connectivity index is 2.09. The van der Waals surface area contributed by atoms with Gasteiger partial charge < -0.3 is 21.1 Å². The molecule has 21 heavy (non-hydrogen) atoms. The van der Waals surface area contributed by atoms with Crippen molar-refractivity contribution in [1.29, 1.82) is 0 Å². The molecule has 1 aliphatic rings. The topological polar surface area (TPSA) is 107 Å². The molecule has 1 saturated heterocycles. The lowest BCUT2D eigenvalue weighted by atomic mass is 10.2. The molecule has 1 unspecified atom stereocenters. The van der Waals surface area contributed by atoms with Gasteiger partial charge in [-0.1, -0.05) is 25.1 Å². The Hall–Kier alpha value is -1.54. The number of unbranched alkanes of at least 4 members (excludes halogenated alkanes) is 1. The molecule has 0 aromatic carbocycles. The number of nitrogens with two attached hydrogens (primary N) is 2. The van der Waals surface area contributed by atoms with Gasteiger partial charge in [0.15, 0.2) is 11.3 Å². The fraction of sp³-hybridized carbons (Fsp3) is 0.615. The molecule has 116 valence electrons. The Morgan fingerprint density at radius 2 is 2.38 bits per heavy atom. The minimum atomic E-state index is -0.605. The van der Waals surface area contributed by atoms with E-state index in [0.29, 0.717) is 30.7 Å². The van der Waals surface area contributed by atoms with Gasteiger partial charge >= 0.3 is 0 Å². The van der Waals surface area contributed by atoms with Crippen LogP contribution < -0.4 is 16.4 Å². The molecular formula is C13H21N5O2S. The lowest BCUT2D eigenvalue weighted by Crippen LogP contribution is -2.48. The second kappa shape index (κ2) is 7.46. The summed E-state index contributed by atoms with van der Waals surface area (Å²) >= 11 is 1.59. The van der Waals surface area contributed by atoms with Crippen LogP contribution in [0, 0.1) is 0 Å². The summed E-state index contributed by atoms with van der Waals surface area (Å²) < 4.78 is 5.33. The second-order valence-corrected chi connectivity index (χ2v) is 5.91. The summed E-state index contributed by atoms with van der Waals surface area (Å²) in [6.45, 7) is 3.63. The van der Waals surface area contributed by atoms with Gasteiger partial charge in [0.05, 0.1) is 13.2 Å². The van der Waals surface area contributed by atoms with E-state index in [1.54, 1.807) is 17.8 Å². The number of aromatic nitrogens is 2. The molecule has 0 bridgehead atoms. The molecule has 1 aliphatic heterocycles. The molecule has 0 saturated carbocycles. The van der Waals surface area contributed by atoms with Crippen LogP contribution in [0.3, 0.4) is 0 Å². The van der Waals surface area contributed by atoms with Crippen molar-refractivity contribution in [1.82, 2.24) is 9.97 Å². The highest BCUT2D eigenvalue weighted by Crippen LogP contribution is 2.22. The first-order valence-corrected chi connectivity index (χ1v) is 8.02. The molecule has 1 aromatic rings. The minimum absolute atomic E-state index is 0.394. The molecule has 1 fully saturated rings. The standard InChI is InChI=1S/C13H21N5O2S/c1-2-3-6-21-13-16-10(14)7-11(17-13)18-4-5-20-9(8-18)12(15)19/h7,9H,2-6,8H2,1H3,(H2,15,19)(H2,14,16,17). The molecule has 1 atom stereocenters. The fourth-order valence-electron chi connectivity index (χ4n) is 1.99. The summed E-state index contributed by atoms with van der Waals surface area (Å²) in [6, 6.07) is 1.72. The first kappa shape index (κ1) is 15.8. The van der Waals surface area contributed by atoms with E-state index < -0.39 is 12.0 Å². The van der Waals surface area contributed by atoms with Gasteiger partial charge in [0.1, 0.15) is 11.6 Å². The molecule has 2 rings (SSSR count). The quantitative estimate of drug-likeness (QED) is 0.451. The van der Waals surface area contributed by atoms with Crippen molar-refractivity contribution >= 4 is 29.3 Å². The van der Waals surface area contributed by atoms with Gasteiger partial charge in [-0.15, -0.1) is 0 Å². The summed E-state index contributed by atoms with van der Waals surface area (Å²) in [6.07, 6.45) is 1.64. The highest BCUT2D eigenvalue weighted by atomic mass is 32.2. The Labute approximate surface area is 128 Å². The zero-order valence-electron chi connectivity index (χ0n) is 12.1. The average molecular weight is 311 g/mol. The van der Waals surface area contributed by atoms with Crippen molar-refractivity contribution in [3.8, 4) is 0 Å². The molecule has 4 N–H and O–H groups in total. The number of anilines is 2. The van der Waals surface area contributed by atoms with E-state index in [9.17, 15) is 4.79 Å². The average Bonchev–Trinajstić information content (AvgIpc) is 2.47. The first-order chi connectivity index (χ1) is 10.1. The van der Waals surface area contributed by atoms with Gasteiger partial charge in [0.2, 0.25) is 5.91 Å². The van der Waals surface area contributed by atoms with Gasteiger partial charge in [-0.2, -0.15) is 0 Å². The van der Waals surface area contributed by atoms with Crippen LogP contribution >= 0.6 is 11.8 Å². The normalized spacial score (nSPS) is 18.7. The third kappa shape index (κ3) is 4.47. The van der Waals surface area contributed by atoms with Crippen molar-refractivity contribution in [3.05, 3.63) is 6.07 Å². The predicted molar refractivity (Wildman–Crippen MR) is 83.2 cm³/mol. The molecule has 1 aromatic heterocycles. The Morgan fingerprint density at radius 3 is 3.10 bits per heavy atom. The summed E-state index contributed by atoms with van der Waals surface area (Å²) in [5.41, 5.74) is 11.1. The number of rotatable bonds is 6. The Kier molecular flexibility index (Phi) is 5.63. The number of carbonyl (C=O) groups excluding carboxylic acids is 1. The zero-order valence-corrected chi connectivity index (χ0v) is 12.9. The first-order valence-electron chi connectivity index (χ1n) is 7.03. The number of hydrogen-bond acceptors (Lipinski definition) is 7. The maximum Gasteiger partial charge on any atom is 0.248 e. The number of hydrogen-bond donors (Lipinski definition) is 2. The van der Waals surface area contributed by atoms with Crippen LogP contribution in [0.4, 0.5) is 11.6 Å². The maximum atomic E-state index is 11.2. The third-order valence-corrected chi connectivity index (χ3v) is 4.08. The van der Waals surface area contributed by atoms with Gasteiger partial charge in [-0.25, -0.2) is 9.97 Å². The van der Waals surface area contributed by atoms with Crippen molar-refractivity contribution in [2.75, 3.05) is 36.1 Å². The summed E-state index contributed by atoms with van der Waals surface area (Å²) in [5, 5.41) is 0.667. The van der Waals surface area contributed by atoms with E-state index in [-0.39, 0.29) is 0 Å². The van der Waals surface area contributed by atoms with Gasteiger partial charge in [0, 0.05) is 18.4 Å². The molecule has 2 heterocycles. The van der Waals surface area contributed by atoms with Crippen molar-refractivity contribution in [2.45, 2.75) is 31.0 Å². The number of carbonyl (C=O) groups is 1. The van der Waals surface area contributed by atoms with E-state index in [1.807, 2.05) is 4.90 Å². The van der Waals surface area contributed by atoms with Crippen molar-refractivity contribution < 1.29 is 9.53 Å². The number of amides is 1. The zero-order chi connectivity index (χ0) is 15.2. The van der Waals surface area contributed by atoms with Gasteiger partial charge in [-0.05, 0) is 6.42 Å². The predicted octanol–water partition coefficient (Wildman–Crippen LogP) is 0.642. The van der Waals surface area contributed by atoms with E-state index in [2.05, 4.69) is 16.9 Å². The minimum Gasteiger partial charge on any atom is -0.383 e. The number of primary amides is 1. The highest BCUT2D eigenvalue weighted by Gasteiger charge is 2.26. The highest BCUT2D eigenvalue weighted by molar-refractivity contribution is 7.99. The van der Waals surface area contributed by atoms with Crippen LogP contribution in [0.15, 0.2) is 11.2 Å². The molecular weight excluding hydrogens is 290 g/mol. The lowest BCUT2D eigenvalue weighted by Gasteiger charge is -2.32. The third-order valence-electron chi connectivity index (χ3n) is 3.15. The molecule has 8 heteroatoms. The number of thioether (sulfide) groups is 1. The van der Waals surface area contributed by atoms with E-state index in [0.717, 1.165) is 24.4 Å². The number of ether oxygens (including phenoxy) is 1. The van der Waals surface area contributed by atoms with Crippen LogP contribution in [-0.2, 0) is 9.53 Å². The summed E-state index contributed by atoms with van der Waals surface area (Å²) in [5.74, 6) is 1.66. The van der Waals surface area contributed by atoms with E-state index in [4.69, 9.17) is 16.2 Å². The van der Waals surface area contributed by atoms with Crippen LogP contribution in [0.25, 0.3) is 0 Å². The number of morpholine rings is 1. The second-order valence-electron chi connectivity index (χ2n) is 4.84. The monoisotopic (exact) mass is 311 g/mol. The van der Waals surface area contributed by atoms with E-state index in [1.165, 1.54) is 0 Å². The van der Waals surface area contributed by atoms with Crippen LogP contribution in [-0.4, -0.2) is 47.4 Å². The van der Waals surface area contributed by atoms with Gasteiger partial charge in [0.25, 0.3) is 0 Å². The molecule has 1 amide bonds. The Morgan fingerprint density at radius 1 is 1.57 bits per heavy atom. The van der Waals surface area contributed by atoms with Gasteiger partial charge in [-0.3, -0.25) is 4.79 Å². The van der Waals surface area contributed by atoms with Crippen LogP contribution in [0.1, 0.15) is 19.8 Å². The van der Waals surface area contributed by atoms with Crippen LogP contribution in [0.5, 0.6) is 0 Å². The lowest BCUT2D eigenvalue weighted by molar-refractivity contribution is -0.130. The van der Waals surface area contributed by atoms with E-state index >= 15 is 0 Å². The summed E-state index contributed by atoms with van der Waals surface area (Å²) in [7, 11) is 0. The summed E-state index contributed by atoms with van der Waals surface area (Å²) in [4.78, 5) is 22.0. The number of nitrogen functional groups attached to an aromatic ring is 1. The fourth-order valence-corrected chi connectivity index (χ4v) is 2.94. The molecule has 0 radical (unpaired) electrons. The molecule has 0 spiro atoms. The maximum absolute atomic E-state index is 11.2. The molecule has 0 aliphatic carbocycles. The Bertz CT molecular complexity index is 499. The largest absolute Gasteiger partial charge is 0.383 e. The number of nitrogens with zero attached hydrogens (tertiary/aromatic N) is 3. The SMILES string of the molecule is CCCCSc1nc(N)cc(N2CCOC(C(N)=O)C2)n1.